The van der Waals surface area contributed by atoms with Crippen LogP contribution in [0.25, 0.3) is 0 Å². The van der Waals surface area contributed by atoms with Crippen molar-refractivity contribution in [3.63, 3.8) is 0 Å². The van der Waals surface area contributed by atoms with E-state index in [2.05, 4.69) is 4.99 Å². The maximum absolute atomic E-state index is 12.9. The summed E-state index contributed by atoms with van der Waals surface area (Å²) in [5.41, 5.74) is 20.6. The molecule has 4 aliphatic rings. The highest BCUT2D eigenvalue weighted by atomic mass is 31.2. The molecule has 4 fully saturated rings. The van der Waals surface area contributed by atoms with E-state index in [0.717, 1.165) is 6.42 Å². The molecule has 190 valence electrons. The highest BCUT2D eigenvalue weighted by molar-refractivity contribution is 7.74. The van der Waals surface area contributed by atoms with Crippen molar-refractivity contribution in [3.05, 3.63) is 0 Å². The van der Waals surface area contributed by atoms with E-state index in [9.17, 15) is 23.7 Å². The first kappa shape index (κ1) is 25.9. The van der Waals surface area contributed by atoms with E-state index in [4.69, 9.17) is 32.6 Å². The zero-order valence-electron chi connectivity index (χ0n) is 19.0. The lowest BCUT2D eigenvalue weighted by molar-refractivity contribution is -0.154. The number of rotatable bonds is 7. The normalized spacial score (nSPS) is 32.1. The number of nitrogens with two attached hydrogens (primary N) is 4. The van der Waals surface area contributed by atoms with Gasteiger partial charge in [0.15, 0.2) is 5.96 Å². The minimum absolute atomic E-state index is 0.0129. The van der Waals surface area contributed by atoms with Gasteiger partial charge in [-0.05, 0) is 39.0 Å². The second kappa shape index (κ2) is 9.51. The lowest BCUT2D eigenvalue weighted by atomic mass is 10.1. The second-order valence-corrected chi connectivity index (χ2v) is 11.5. The molecule has 0 aromatic rings. The Balaban J connectivity index is 0.000000232. The third kappa shape index (κ3) is 4.14. The molecular formula is C19H32N7O7P. The number of carbonyl (C=O) groups is 4. The van der Waals surface area contributed by atoms with Crippen molar-refractivity contribution in [3.8, 4) is 0 Å². The van der Waals surface area contributed by atoms with E-state index >= 15 is 0 Å². The minimum atomic E-state index is -2.98. The number of hydrogen-bond donors (Lipinski definition) is 5. The zero-order chi connectivity index (χ0) is 25.4. The number of likely N-dealkylation sites (tertiary alicyclic amines) is 2. The first-order chi connectivity index (χ1) is 15.9. The Morgan fingerprint density at radius 1 is 1.26 bits per heavy atom. The number of aliphatic imine (C=N–C) groups is 1. The van der Waals surface area contributed by atoms with Crippen LogP contribution in [0.4, 0.5) is 0 Å². The fourth-order valence-electron chi connectivity index (χ4n) is 4.87. The molecule has 0 saturated carbocycles. The van der Waals surface area contributed by atoms with Gasteiger partial charge in [0.2, 0.25) is 17.1 Å². The molecule has 4 saturated heterocycles. The number of guanidine groups is 1. The number of fused-ring (bicyclic) bond motifs is 1. The molecule has 4 rings (SSSR count). The van der Waals surface area contributed by atoms with Gasteiger partial charge in [-0.2, -0.15) is 0 Å². The van der Waals surface area contributed by atoms with Gasteiger partial charge >= 0.3 is 11.9 Å². The molecule has 0 aromatic heterocycles. The van der Waals surface area contributed by atoms with E-state index in [1.807, 2.05) is 0 Å². The lowest BCUT2D eigenvalue weighted by Gasteiger charge is -2.36. The fourth-order valence-corrected chi connectivity index (χ4v) is 8.19. The summed E-state index contributed by atoms with van der Waals surface area (Å²) in [6.07, 6.45) is 2.76. The van der Waals surface area contributed by atoms with Crippen molar-refractivity contribution in [2.45, 2.75) is 68.1 Å². The van der Waals surface area contributed by atoms with Gasteiger partial charge in [0.25, 0.3) is 7.37 Å². The van der Waals surface area contributed by atoms with Crippen molar-refractivity contribution in [1.29, 1.82) is 0 Å². The van der Waals surface area contributed by atoms with E-state index in [0.29, 0.717) is 45.3 Å². The number of carbonyl (C=O) groups excluding carboxylic acids is 3. The van der Waals surface area contributed by atoms with Crippen LogP contribution in [0, 0.1) is 0 Å². The molecule has 34 heavy (non-hydrogen) atoms. The van der Waals surface area contributed by atoms with Crippen molar-refractivity contribution >= 4 is 37.1 Å². The molecule has 9 N–H and O–H groups in total. The van der Waals surface area contributed by atoms with Crippen LogP contribution in [0.2, 0.25) is 0 Å². The van der Waals surface area contributed by atoms with Crippen LogP contribution in [-0.2, 0) is 28.3 Å². The summed E-state index contributed by atoms with van der Waals surface area (Å²) >= 11 is 0. The largest absolute Gasteiger partial charge is 0.480 e. The number of amides is 2. The van der Waals surface area contributed by atoms with Gasteiger partial charge in [-0.1, -0.05) is 0 Å². The predicted molar refractivity (Wildman–Crippen MR) is 120 cm³/mol. The van der Waals surface area contributed by atoms with Crippen molar-refractivity contribution in [2.75, 3.05) is 19.6 Å². The van der Waals surface area contributed by atoms with Crippen molar-refractivity contribution < 1.29 is 33.4 Å². The lowest BCUT2D eigenvalue weighted by Crippen LogP contribution is -2.57. The smallest absolute Gasteiger partial charge is 0.349 e. The zero-order valence-corrected chi connectivity index (χ0v) is 19.9. The molecule has 4 heterocycles. The molecule has 4 aliphatic heterocycles. The van der Waals surface area contributed by atoms with E-state index in [-0.39, 0.29) is 23.4 Å². The van der Waals surface area contributed by atoms with Crippen LogP contribution in [0.15, 0.2) is 4.99 Å². The van der Waals surface area contributed by atoms with Crippen LogP contribution in [0.1, 0.15) is 39.0 Å². The second-order valence-electron chi connectivity index (χ2n) is 8.87. The molecule has 2 amide bonds. The summed E-state index contributed by atoms with van der Waals surface area (Å²) in [4.78, 5) is 53.6. The molecule has 2 unspecified atom stereocenters. The third-order valence-corrected chi connectivity index (χ3v) is 9.90. The van der Waals surface area contributed by atoms with Gasteiger partial charge in [-0.15, -0.1) is 0 Å². The first-order valence-electron chi connectivity index (χ1n) is 11.1. The van der Waals surface area contributed by atoms with Crippen LogP contribution in [0.5, 0.6) is 0 Å². The summed E-state index contributed by atoms with van der Waals surface area (Å²) in [5, 5.41) is 7.20. The summed E-state index contributed by atoms with van der Waals surface area (Å²) in [6, 6.07) is -2.09. The fraction of sp³-hybridized carbons (Fsp3) is 0.737. The molecule has 0 aliphatic carbocycles. The first-order valence-corrected chi connectivity index (χ1v) is 12.8. The Bertz CT molecular complexity index is 953. The minimum Gasteiger partial charge on any atom is -0.480 e. The molecule has 15 heteroatoms. The molecule has 14 nitrogen and oxygen atoms in total. The molecule has 0 aromatic carbocycles. The van der Waals surface area contributed by atoms with Gasteiger partial charge in [0, 0.05) is 19.6 Å². The summed E-state index contributed by atoms with van der Waals surface area (Å²) < 4.78 is 17.2. The highest BCUT2D eigenvalue weighted by Crippen LogP contribution is 2.93. The third-order valence-electron chi connectivity index (χ3n) is 6.60. The summed E-state index contributed by atoms with van der Waals surface area (Å²) in [5.74, 6) is -2.09. The molecule has 0 bridgehead atoms. The van der Waals surface area contributed by atoms with Gasteiger partial charge < -0.3 is 42.4 Å². The quantitative estimate of drug-likeness (QED) is 0.110. The molecule has 0 radical (unpaired) electrons. The number of carboxylic acids is 1. The SMILES string of the molecule is C[C@H](N)C(=O)N1CCC[C@H]1C(=O)N1CCC2[C@@]13C(=O)OP23=O.NC(N)=NCCC[C@H](N)C(=O)O. The summed E-state index contributed by atoms with van der Waals surface area (Å²) in [7, 11) is -2.98. The van der Waals surface area contributed by atoms with Gasteiger partial charge in [0.1, 0.15) is 12.1 Å². The van der Waals surface area contributed by atoms with Gasteiger partial charge in [-0.3, -0.25) is 23.9 Å². The van der Waals surface area contributed by atoms with Crippen molar-refractivity contribution in [1.82, 2.24) is 9.80 Å². The average molecular weight is 501 g/mol. The Labute approximate surface area is 196 Å². The monoisotopic (exact) mass is 501 g/mol. The van der Waals surface area contributed by atoms with Crippen LogP contribution >= 0.6 is 7.37 Å². The van der Waals surface area contributed by atoms with E-state index < -0.39 is 42.7 Å². The Hall–Kier alpha value is -2.70. The Morgan fingerprint density at radius 2 is 1.94 bits per heavy atom. The van der Waals surface area contributed by atoms with Gasteiger partial charge in [-0.25, -0.2) is 4.79 Å². The summed E-state index contributed by atoms with van der Waals surface area (Å²) in [6.45, 7) is 2.90. The molecular weight excluding hydrogens is 469 g/mol. The Kier molecular flexibility index (Phi) is 7.25. The number of carboxylic acid groups (broad SMARTS) is 1. The molecule has 1 spiro atoms. The van der Waals surface area contributed by atoms with Crippen molar-refractivity contribution in [2.24, 2.45) is 27.9 Å². The number of hydrogen-bond acceptors (Lipinski definition) is 9. The number of aliphatic carboxylic acids is 1. The van der Waals surface area contributed by atoms with Crippen LogP contribution in [0.3, 0.4) is 0 Å². The number of nitrogens with zero attached hydrogens (tertiary/aromatic N) is 3. The topological polar surface area (TPSA) is 238 Å². The maximum atomic E-state index is 12.9. The van der Waals surface area contributed by atoms with Gasteiger partial charge in [0.05, 0.1) is 11.7 Å². The predicted octanol–water partition coefficient (Wildman–Crippen LogP) is -2.08. The van der Waals surface area contributed by atoms with E-state index in [1.54, 1.807) is 6.92 Å². The molecule has 6 atom stereocenters. The maximum Gasteiger partial charge on any atom is 0.349 e. The average Bonchev–Trinajstić information content (AvgIpc) is 3.25. The van der Waals surface area contributed by atoms with Crippen LogP contribution in [-0.4, -0.2) is 93.3 Å². The standard InChI is InChI=1S/C13H18N3O5P.C6H14N4O2/c1-7(14)10(17)15-5-2-3-8(15)11(18)16-6-4-9-13(16)12(19)21-22(9,13)20;7-4(5(11)12)2-1-3-10-6(8)9/h7-9H,2-6,14H2,1H3;4H,1-3,7H2,(H,11,12)(H4,8,9,10)/t7-,8-,9?,13+,22?;4-/m00/s1. The Morgan fingerprint density at radius 3 is 2.47 bits per heavy atom. The highest BCUT2D eigenvalue weighted by Gasteiger charge is 2.96. The van der Waals surface area contributed by atoms with E-state index in [1.165, 1.54) is 9.80 Å². The van der Waals surface area contributed by atoms with Crippen LogP contribution < -0.4 is 22.9 Å².